The Labute approximate surface area is 90.0 Å². The number of rotatable bonds is 0. The standard InChI is InChI=1S/C7H3ClF6N2/c8-5-4(7(12,13)14)2(15)1-3(16-5)6(9,10)11/h1H,(H2,15,16). The van der Waals surface area contributed by atoms with E-state index in [1.54, 1.807) is 0 Å². The molecule has 0 aliphatic rings. The molecule has 0 saturated carbocycles. The Balaban J connectivity index is 3.41. The first-order valence-corrected chi connectivity index (χ1v) is 4.01. The highest BCUT2D eigenvalue weighted by atomic mass is 35.5. The summed E-state index contributed by atoms with van der Waals surface area (Å²) >= 11 is 5.01. The summed E-state index contributed by atoms with van der Waals surface area (Å²) in [5.41, 5.74) is 0.615. The fraction of sp³-hybridized carbons (Fsp3) is 0.286. The average Bonchev–Trinajstić information content (AvgIpc) is 1.97. The molecular weight excluding hydrogens is 262 g/mol. The van der Waals surface area contributed by atoms with Crippen molar-refractivity contribution in [2.24, 2.45) is 0 Å². The van der Waals surface area contributed by atoms with Crippen LogP contribution in [0.2, 0.25) is 5.15 Å². The third-order valence-electron chi connectivity index (χ3n) is 1.58. The molecule has 0 spiro atoms. The maximum atomic E-state index is 12.3. The highest BCUT2D eigenvalue weighted by Crippen LogP contribution is 2.40. The molecule has 0 fully saturated rings. The number of anilines is 1. The van der Waals surface area contributed by atoms with E-state index >= 15 is 0 Å². The summed E-state index contributed by atoms with van der Waals surface area (Å²) < 4.78 is 73.1. The lowest BCUT2D eigenvalue weighted by Gasteiger charge is -2.13. The maximum absolute atomic E-state index is 12.3. The quantitative estimate of drug-likeness (QED) is 0.576. The molecule has 1 heterocycles. The molecule has 0 aliphatic heterocycles. The second-order valence-corrected chi connectivity index (χ2v) is 3.12. The molecule has 2 nitrogen and oxygen atoms in total. The number of nitrogen functional groups attached to an aromatic ring is 1. The van der Waals surface area contributed by atoms with Crippen molar-refractivity contribution in [2.75, 3.05) is 5.73 Å². The van der Waals surface area contributed by atoms with Gasteiger partial charge in [-0.1, -0.05) is 11.6 Å². The summed E-state index contributed by atoms with van der Waals surface area (Å²) in [6.07, 6.45) is -9.85. The summed E-state index contributed by atoms with van der Waals surface area (Å²) in [7, 11) is 0. The zero-order valence-electron chi connectivity index (χ0n) is 7.25. The maximum Gasteiger partial charge on any atom is 0.433 e. The second kappa shape index (κ2) is 3.69. The molecule has 0 bridgehead atoms. The van der Waals surface area contributed by atoms with Crippen LogP contribution in [-0.2, 0) is 12.4 Å². The minimum atomic E-state index is -4.95. The van der Waals surface area contributed by atoms with Gasteiger partial charge in [-0.25, -0.2) is 4.98 Å². The van der Waals surface area contributed by atoms with Gasteiger partial charge in [0, 0.05) is 5.69 Å². The number of halogens is 7. The van der Waals surface area contributed by atoms with E-state index in [0.29, 0.717) is 0 Å². The molecule has 1 aromatic heterocycles. The van der Waals surface area contributed by atoms with E-state index in [1.165, 1.54) is 0 Å². The second-order valence-electron chi connectivity index (χ2n) is 2.76. The van der Waals surface area contributed by atoms with Gasteiger partial charge in [0.25, 0.3) is 0 Å². The van der Waals surface area contributed by atoms with Crippen LogP contribution in [0.1, 0.15) is 11.3 Å². The van der Waals surface area contributed by atoms with Gasteiger partial charge in [-0.05, 0) is 6.07 Å². The third kappa shape index (κ3) is 2.49. The van der Waals surface area contributed by atoms with Crippen molar-refractivity contribution in [1.29, 1.82) is 0 Å². The van der Waals surface area contributed by atoms with Gasteiger partial charge < -0.3 is 5.73 Å². The summed E-state index contributed by atoms with van der Waals surface area (Å²) in [6.45, 7) is 0. The first-order chi connectivity index (χ1) is 7.03. The van der Waals surface area contributed by atoms with Crippen LogP contribution in [-0.4, -0.2) is 4.98 Å². The van der Waals surface area contributed by atoms with Crippen LogP contribution < -0.4 is 5.73 Å². The molecule has 0 atom stereocenters. The summed E-state index contributed by atoms with van der Waals surface area (Å²) in [5.74, 6) is 0. The van der Waals surface area contributed by atoms with Crippen LogP contribution in [0.3, 0.4) is 0 Å². The van der Waals surface area contributed by atoms with Crippen molar-refractivity contribution in [1.82, 2.24) is 4.98 Å². The van der Waals surface area contributed by atoms with Gasteiger partial charge >= 0.3 is 12.4 Å². The SMILES string of the molecule is Nc1cc(C(F)(F)F)nc(Cl)c1C(F)(F)F. The van der Waals surface area contributed by atoms with Gasteiger partial charge in [0.15, 0.2) is 0 Å². The van der Waals surface area contributed by atoms with Gasteiger partial charge in [0.05, 0.1) is 0 Å². The topological polar surface area (TPSA) is 38.9 Å². The van der Waals surface area contributed by atoms with E-state index in [0.717, 1.165) is 0 Å². The van der Waals surface area contributed by atoms with Crippen molar-refractivity contribution in [3.05, 3.63) is 22.5 Å². The molecule has 1 rings (SSSR count). The molecule has 0 aromatic carbocycles. The van der Waals surface area contributed by atoms with Crippen LogP contribution in [0.5, 0.6) is 0 Å². The minimum Gasteiger partial charge on any atom is -0.398 e. The predicted molar refractivity (Wildman–Crippen MR) is 43.7 cm³/mol. The van der Waals surface area contributed by atoms with Crippen LogP contribution in [0, 0.1) is 0 Å². The van der Waals surface area contributed by atoms with Crippen molar-refractivity contribution >= 4 is 17.3 Å². The molecular formula is C7H3ClF6N2. The van der Waals surface area contributed by atoms with Gasteiger partial charge in [-0.2, -0.15) is 26.3 Å². The van der Waals surface area contributed by atoms with E-state index in [1.807, 2.05) is 0 Å². The van der Waals surface area contributed by atoms with Gasteiger partial charge in [-0.3, -0.25) is 0 Å². The number of pyridine rings is 1. The number of aromatic nitrogens is 1. The molecule has 9 heteroatoms. The van der Waals surface area contributed by atoms with Crippen molar-refractivity contribution in [3.8, 4) is 0 Å². The Morgan fingerprint density at radius 2 is 1.56 bits per heavy atom. The van der Waals surface area contributed by atoms with Gasteiger partial charge in [-0.15, -0.1) is 0 Å². The molecule has 0 unspecified atom stereocenters. The number of nitrogens with two attached hydrogens (primary N) is 1. The van der Waals surface area contributed by atoms with Crippen LogP contribution >= 0.6 is 11.6 Å². The fourth-order valence-electron chi connectivity index (χ4n) is 0.958. The lowest BCUT2D eigenvalue weighted by Crippen LogP contribution is -2.15. The summed E-state index contributed by atoms with van der Waals surface area (Å²) in [6, 6.07) is 0.0920. The van der Waals surface area contributed by atoms with Crippen molar-refractivity contribution < 1.29 is 26.3 Å². The molecule has 0 saturated heterocycles. The predicted octanol–water partition coefficient (Wildman–Crippen LogP) is 3.35. The molecule has 90 valence electrons. The molecule has 0 amide bonds. The smallest absolute Gasteiger partial charge is 0.398 e. The number of alkyl halides is 6. The molecule has 2 N–H and O–H groups in total. The molecule has 1 aromatic rings. The third-order valence-corrected chi connectivity index (χ3v) is 1.85. The monoisotopic (exact) mass is 264 g/mol. The van der Waals surface area contributed by atoms with Gasteiger partial charge in [0.2, 0.25) is 0 Å². The first-order valence-electron chi connectivity index (χ1n) is 3.64. The fourth-order valence-corrected chi connectivity index (χ4v) is 1.27. The van der Waals surface area contributed by atoms with E-state index in [9.17, 15) is 26.3 Å². The molecule has 0 radical (unpaired) electrons. The Morgan fingerprint density at radius 3 is 1.88 bits per heavy atom. The lowest BCUT2D eigenvalue weighted by molar-refractivity contribution is -0.144. The summed E-state index contributed by atoms with van der Waals surface area (Å²) in [5, 5.41) is -1.32. The van der Waals surface area contributed by atoms with Crippen LogP contribution in [0.25, 0.3) is 0 Å². The van der Waals surface area contributed by atoms with E-state index < -0.39 is 34.5 Å². The normalized spacial score (nSPS) is 12.9. The minimum absolute atomic E-state index is 0.0920. The number of hydrogen-bond acceptors (Lipinski definition) is 2. The first kappa shape index (κ1) is 12.9. The average molecular weight is 265 g/mol. The highest BCUT2D eigenvalue weighted by Gasteiger charge is 2.40. The molecule has 16 heavy (non-hydrogen) atoms. The van der Waals surface area contributed by atoms with E-state index in [4.69, 9.17) is 17.3 Å². The zero-order valence-corrected chi connectivity index (χ0v) is 8.00. The number of nitrogens with zero attached hydrogens (tertiary/aromatic N) is 1. The Kier molecular flexibility index (Phi) is 2.97. The number of hydrogen-bond donors (Lipinski definition) is 1. The molecule has 0 aliphatic carbocycles. The van der Waals surface area contributed by atoms with Crippen molar-refractivity contribution in [2.45, 2.75) is 12.4 Å². The Hall–Kier alpha value is -1.18. The van der Waals surface area contributed by atoms with E-state index in [2.05, 4.69) is 4.98 Å². The Morgan fingerprint density at radius 1 is 1.06 bits per heavy atom. The Bertz CT molecular complexity index is 387. The zero-order chi connectivity index (χ0) is 12.7. The van der Waals surface area contributed by atoms with Crippen molar-refractivity contribution in [3.63, 3.8) is 0 Å². The lowest BCUT2D eigenvalue weighted by atomic mass is 10.2. The largest absolute Gasteiger partial charge is 0.433 e. The van der Waals surface area contributed by atoms with Crippen LogP contribution in [0.4, 0.5) is 32.0 Å². The summed E-state index contributed by atoms with van der Waals surface area (Å²) in [4.78, 5) is 2.61. The van der Waals surface area contributed by atoms with Gasteiger partial charge in [0.1, 0.15) is 16.4 Å². The highest BCUT2D eigenvalue weighted by molar-refractivity contribution is 6.30. The van der Waals surface area contributed by atoms with Crippen LogP contribution in [0.15, 0.2) is 6.07 Å². The van der Waals surface area contributed by atoms with E-state index in [-0.39, 0.29) is 6.07 Å².